The third-order valence-electron chi connectivity index (χ3n) is 4.75. The van der Waals surface area contributed by atoms with Crippen molar-refractivity contribution in [3.8, 4) is 0 Å². The molecule has 1 heterocycles. The first kappa shape index (κ1) is 59.1. The van der Waals surface area contributed by atoms with E-state index in [2.05, 4.69) is 21.6 Å². The monoisotopic (exact) mass is 1300 g/mol. The Kier molecular flexibility index (Phi) is 53.4. The van der Waals surface area contributed by atoms with Crippen LogP contribution in [0.2, 0.25) is 0 Å². The van der Waals surface area contributed by atoms with E-state index in [1.165, 1.54) is 0 Å². The van der Waals surface area contributed by atoms with Crippen molar-refractivity contribution in [3.63, 3.8) is 0 Å². The Morgan fingerprint density at radius 1 is 0.911 bits per heavy atom. The Morgan fingerprint density at radius 2 is 1.36 bits per heavy atom. The molecule has 0 radical (unpaired) electrons. The summed E-state index contributed by atoms with van der Waals surface area (Å²) in [4.78, 5) is 35.9. The second-order valence-electron chi connectivity index (χ2n) is 7.46. The van der Waals surface area contributed by atoms with Gasteiger partial charge in [-0.2, -0.15) is 9.59 Å². The average Bonchev–Trinajstić information content (AvgIpc) is 3.42. The summed E-state index contributed by atoms with van der Waals surface area (Å²) in [6.07, 6.45) is 2.11. The minimum Gasteiger partial charge on any atom is -0.698 e. The van der Waals surface area contributed by atoms with Crippen LogP contribution in [0, 0.1) is 93.3 Å². The van der Waals surface area contributed by atoms with Crippen LogP contribution in [-0.4, -0.2) is 30.6 Å². The zero-order valence-corrected chi connectivity index (χ0v) is 38.8. The maximum atomic E-state index is 11.1. The van der Waals surface area contributed by atoms with E-state index >= 15 is 0 Å². The fraction of sp³-hybridized carbons (Fsp3) is 0.344. The number of benzene rings is 3. The van der Waals surface area contributed by atoms with E-state index in [-0.39, 0.29) is 120 Å². The molecular formula is C32H51FN5O4U3-3. The average molecular weight is 1300 g/mol. The van der Waals surface area contributed by atoms with E-state index in [0.29, 0.717) is 29.9 Å². The minimum atomic E-state index is 0. The topological polar surface area (TPSA) is 161 Å². The van der Waals surface area contributed by atoms with Crippen molar-refractivity contribution in [3.05, 3.63) is 95.7 Å². The Morgan fingerprint density at radius 3 is 1.73 bits per heavy atom. The number of hydrogen-bond acceptors (Lipinski definition) is 6. The number of nitrogens with two attached hydrogens (primary N) is 1. The quantitative estimate of drug-likeness (QED) is 0.195. The fourth-order valence-corrected chi connectivity index (χ4v) is 2.62. The number of ketones is 1. The molecule has 9 nitrogen and oxygen atoms in total. The van der Waals surface area contributed by atoms with E-state index < -0.39 is 0 Å². The maximum absolute atomic E-state index is 11.1. The Balaban J connectivity index is -0.0000000553. The van der Waals surface area contributed by atoms with Gasteiger partial charge in [-0.25, -0.2) is 0 Å². The molecule has 0 aliphatic rings. The Hall–Kier alpha value is -1.37. The summed E-state index contributed by atoms with van der Waals surface area (Å²) in [6.45, 7) is 10.7. The van der Waals surface area contributed by atoms with Crippen LogP contribution in [-0.2, 0) is 32.0 Å². The number of para-hydroxylation sites is 3. The number of nitrogens with one attached hydrogen (secondary N) is 2. The van der Waals surface area contributed by atoms with Gasteiger partial charge < -0.3 is 31.9 Å². The number of hydrogen-bond donors (Lipinski definition) is 1. The van der Waals surface area contributed by atoms with Crippen molar-refractivity contribution >= 4 is 40.0 Å². The molecule has 0 saturated carbocycles. The van der Waals surface area contributed by atoms with E-state index in [0.717, 1.165) is 35.4 Å². The Labute approximate surface area is 342 Å². The van der Waals surface area contributed by atoms with Crippen molar-refractivity contribution in [1.82, 2.24) is 9.97 Å². The van der Waals surface area contributed by atoms with Crippen LogP contribution in [0.4, 0.5) is 21.8 Å². The van der Waals surface area contributed by atoms with Gasteiger partial charge in [0.2, 0.25) is 0 Å². The summed E-state index contributed by atoms with van der Waals surface area (Å²) < 4.78 is 4.54. The molecule has 4 aromatic rings. The van der Waals surface area contributed by atoms with Crippen molar-refractivity contribution < 1.29 is 120 Å². The first-order valence-corrected chi connectivity index (χ1v) is 13.0. The smallest absolute Gasteiger partial charge is 0.373 e. The second kappa shape index (κ2) is 40.6. The number of fused-ring (bicyclic) bond motifs is 1. The third kappa shape index (κ3) is 29.8. The number of methoxy groups -OCH3 is 1. The van der Waals surface area contributed by atoms with Crippen LogP contribution in [0.1, 0.15) is 62.7 Å². The molecule has 45 heavy (non-hydrogen) atoms. The molecule has 0 spiro atoms. The summed E-state index contributed by atoms with van der Waals surface area (Å²) in [5, 5.41) is 0. The van der Waals surface area contributed by atoms with Gasteiger partial charge in [0.1, 0.15) is 5.78 Å². The zero-order chi connectivity index (χ0) is 30.8. The van der Waals surface area contributed by atoms with Gasteiger partial charge in [0.15, 0.2) is 0 Å². The predicted molar refractivity (Wildman–Crippen MR) is 176 cm³/mol. The third-order valence-corrected chi connectivity index (χ3v) is 4.75. The van der Waals surface area contributed by atoms with Crippen molar-refractivity contribution in [1.29, 1.82) is 0 Å². The van der Waals surface area contributed by atoms with Crippen LogP contribution in [0.3, 0.4) is 0 Å². The van der Waals surface area contributed by atoms with Crippen molar-refractivity contribution in [2.45, 2.75) is 61.3 Å². The molecule has 0 atom stereocenters. The molecule has 13 heteroatoms. The number of ether oxygens (including phenoxy) is 1. The van der Waals surface area contributed by atoms with Gasteiger partial charge >= 0.3 is 6.15 Å². The molecule has 0 aliphatic carbocycles. The van der Waals surface area contributed by atoms with Crippen LogP contribution in [0.5, 0.6) is 0 Å². The SMILES string of the molecule is C.CC.CCC(=O)Cc1ccccc1[NH-].CCOC.CCc1nc2ccccc2[n-]1.F.O=C=O.[2HH].[HH].[NH-]c1ccccc1N.[U].[U].[U]. The normalized spacial score (nSPS) is 7.78. The molecule has 0 saturated heterocycles. The number of nitrogens with zero attached hydrogens (tertiary/aromatic N) is 2. The predicted octanol–water partition coefficient (Wildman–Crippen LogP) is 8.97. The number of aryl methyl sites for hydroxylation is 1. The van der Waals surface area contributed by atoms with Gasteiger partial charge in [0, 0.05) is 128 Å². The Bertz CT molecular complexity index is 1210. The summed E-state index contributed by atoms with van der Waals surface area (Å²) in [5.41, 5.74) is 24.1. The van der Waals surface area contributed by atoms with Gasteiger partial charge in [0.05, 0.1) is 0 Å². The number of carbonyl (C=O) groups is 1. The number of anilines is 1. The molecule has 0 bridgehead atoms. The first-order valence-electron chi connectivity index (χ1n) is 13.0. The van der Waals surface area contributed by atoms with Gasteiger partial charge in [-0.1, -0.05) is 113 Å². The van der Waals surface area contributed by atoms with Crippen LogP contribution < -0.4 is 10.7 Å². The van der Waals surface area contributed by atoms with Gasteiger partial charge in [-0.15, -0.1) is 11.4 Å². The standard InChI is InChI=1S/C10H12NO.C9H9N2.C6H7N2.C3H8O.C2H6.CO2.CH4.FH.3U.2H2/c1-2-9(12)7-8-5-3-4-6-10(8)11;1-2-9-10-7-5-3-4-6-8(7)11-9;7-5-3-1-2-4-6(5)8;1-3-4-2;1-2;2-1-3;;;;;;;/h3-6,11H,2,7H2,1H3;3-6H,2H2,1H3;1-4,7H,8H2;3H2,1-2H3;1-2H3;;1H4;1H;;;;2*1H/q3*-1;;;;;;;;;;/i;;;;;;;;;;;1+1;. The van der Waals surface area contributed by atoms with Crippen molar-refractivity contribution in [2.24, 2.45) is 0 Å². The number of rotatable bonds is 5. The zero-order valence-electron chi connectivity index (χ0n) is 26.3. The van der Waals surface area contributed by atoms with E-state index in [9.17, 15) is 4.79 Å². The van der Waals surface area contributed by atoms with Crippen LogP contribution in [0.15, 0.2) is 72.8 Å². The number of aromatic nitrogens is 2. The van der Waals surface area contributed by atoms with Gasteiger partial charge in [-0.05, 0) is 30.4 Å². The molecule has 4 N–H and O–H groups in total. The summed E-state index contributed by atoms with van der Waals surface area (Å²) in [7, 11) is 1.68. The minimum absolute atomic E-state index is 0. The molecule has 0 amide bonds. The second-order valence-corrected chi connectivity index (χ2v) is 7.46. The van der Waals surface area contributed by atoms with Gasteiger partial charge in [-0.3, -0.25) is 9.50 Å². The van der Waals surface area contributed by atoms with Gasteiger partial charge in [0.25, 0.3) is 0 Å². The molecule has 0 fully saturated rings. The summed E-state index contributed by atoms with van der Waals surface area (Å²) in [5.74, 6) is 1.13. The van der Waals surface area contributed by atoms with E-state index in [1.807, 2.05) is 76.2 Å². The molecule has 1 aromatic heterocycles. The van der Waals surface area contributed by atoms with Crippen LogP contribution >= 0.6 is 0 Å². The summed E-state index contributed by atoms with van der Waals surface area (Å²) >= 11 is 0. The van der Waals surface area contributed by atoms with Crippen LogP contribution in [0.25, 0.3) is 22.5 Å². The maximum Gasteiger partial charge on any atom is 0.373 e. The molecule has 4 rings (SSSR count). The number of halogens is 1. The largest absolute Gasteiger partial charge is 0.698 e. The summed E-state index contributed by atoms with van der Waals surface area (Å²) in [6, 6.07) is 22.1. The first-order chi connectivity index (χ1) is 19.3. The molecule has 250 valence electrons. The van der Waals surface area contributed by atoms with E-state index in [4.69, 9.17) is 26.8 Å². The van der Waals surface area contributed by atoms with Crippen molar-refractivity contribution in [2.75, 3.05) is 19.5 Å². The molecular weight excluding hydrogens is 1250 g/mol. The number of nitrogen functional groups attached to an aromatic ring is 1. The molecule has 3 aromatic carbocycles. The molecule has 0 unspecified atom stereocenters. The number of Topliss-reactive ketones (excluding diaryl/α,β-unsaturated/α-hetero) is 1. The number of carbonyl (C=O) groups excluding carboxylic acids is 3. The van der Waals surface area contributed by atoms with E-state index in [1.54, 1.807) is 31.4 Å². The molecule has 0 aliphatic heterocycles. The number of imidazole rings is 1. The fourth-order valence-electron chi connectivity index (χ4n) is 2.62.